The lowest BCUT2D eigenvalue weighted by molar-refractivity contribution is -0.122. The third kappa shape index (κ3) is 14.4. The molecule has 0 unspecified atom stereocenters. The van der Waals surface area contributed by atoms with Crippen LogP contribution in [0.25, 0.3) is 0 Å². The van der Waals surface area contributed by atoms with Gasteiger partial charge in [-0.25, -0.2) is 14.8 Å². The van der Waals surface area contributed by atoms with Gasteiger partial charge in [0, 0.05) is 68.0 Å². The summed E-state index contributed by atoms with van der Waals surface area (Å²) in [4.78, 5) is 55.0. The summed E-state index contributed by atoms with van der Waals surface area (Å²) in [5.41, 5.74) is 11.3. The van der Waals surface area contributed by atoms with Crippen LogP contribution >= 0.6 is 22.7 Å². The number of anilines is 1. The Kier molecular flexibility index (Phi) is 20.1. The molecule has 3 N–H and O–H groups in total. The minimum absolute atomic E-state index is 0.0613. The number of benzene rings is 2. The standard InChI is InChI=1S/C21H27NO5S.C13H19NO4.C7H9NO2S/c1-12(2)17-11-28-21(22-17)18(24)9-16-13(3)19(8-7-15(16)14(4)23)27-10-20(25-5)26-6;1-8-11(18-7-12(16-3)17-4)6-5-10(9(2)15)13(8)14;1-4(2)5-3-11-6(8-5)7(9)10/h7-8,11-12,20H,9-10H2,1-6H3;5-6,12H,7,14H2,1-4H3;3-4H,1-2H3,(H,9,10). The minimum atomic E-state index is -0.943. The van der Waals surface area contributed by atoms with Crippen LogP contribution in [0.5, 0.6) is 11.5 Å². The molecular formula is C41H55N3O11S2. The third-order valence-corrected chi connectivity index (χ3v) is 10.3. The predicted octanol–water partition coefficient (Wildman–Crippen LogP) is 7.94. The lowest BCUT2D eigenvalue weighted by Gasteiger charge is -2.18. The number of nitrogen functional groups attached to an aromatic ring is 1. The molecule has 0 atom stereocenters. The summed E-state index contributed by atoms with van der Waals surface area (Å²) >= 11 is 2.52. The predicted molar refractivity (Wildman–Crippen MR) is 221 cm³/mol. The Morgan fingerprint density at radius 2 is 1.11 bits per heavy atom. The fourth-order valence-corrected chi connectivity index (χ4v) is 6.70. The van der Waals surface area contributed by atoms with Gasteiger partial charge < -0.3 is 39.3 Å². The van der Waals surface area contributed by atoms with Crippen LogP contribution in [-0.2, 0) is 25.4 Å². The Balaban J connectivity index is 0.000000329. The summed E-state index contributed by atoms with van der Waals surface area (Å²) in [5, 5.41) is 12.9. The second-order valence-corrected chi connectivity index (χ2v) is 15.0. The van der Waals surface area contributed by atoms with Crippen molar-refractivity contribution in [2.75, 3.05) is 47.4 Å². The van der Waals surface area contributed by atoms with Crippen LogP contribution in [0, 0.1) is 13.8 Å². The second kappa shape index (κ2) is 23.6. The van der Waals surface area contributed by atoms with Gasteiger partial charge in [-0.05, 0) is 74.9 Å². The van der Waals surface area contributed by atoms with Crippen molar-refractivity contribution in [3.05, 3.63) is 84.2 Å². The lowest BCUT2D eigenvalue weighted by Crippen LogP contribution is -2.22. The van der Waals surface area contributed by atoms with Crippen LogP contribution in [0.3, 0.4) is 0 Å². The lowest BCUT2D eigenvalue weighted by atomic mass is 9.94. The van der Waals surface area contributed by atoms with E-state index >= 15 is 0 Å². The molecule has 0 fully saturated rings. The highest BCUT2D eigenvalue weighted by Crippen LogP contribution is 2.29. The number of ether oxygens (including phenoxy) is 6. The molecule has 0 saturated carbocycles. The number of thiazole rings is 2. The fourth-order valence-electron chi connectivity index (χ4n) is 4.97. The van der Waals surface area contributed by atoms with Gasteiger partial charge in [-0.2, -0.15) is 0 Å². The molecule has 0 saturated heterocycles. The molecule has 2 heterocycles. The monoisotopic (exact) mass is 829 g/mol. The van der Waals surface area contributed by atoms with E-state index in [9.17, 15) is 19.2 Å². The van der Waals surface area contributed by atoms with Gasteiger partial charge in [-0.15, -0.1) is 22.7 Å². The summed E-state index contributed by atoms with van der Waals surface area (Å²) in [5.74, 6) is 0.580. The Morgan fingerprint density at radius 3 is 1.49 bits per heavy atom. The van der Waals surface area contributed by atoms with Gasteiger partial charge in [0.15, 0.2) is 34.9 Å². The highest BCUT2D eigenvalue weighted by Gasteiger charge is 2.21. The normalized spacial score (nSPS) is 10.9. The number of nitrogens with two attached hydrogens (primary N) is 1. The quantitative estimate of drug-likeness (QED) is 0.0557. The van der Waals surface area contributed by atoms with E-state index in [-0.39, 0.29) is 47.9 Å². The van der Waals surface area contributed by atoms with E-state index in [0.717, 1.165) is 22.5 Å². The molecule has 0 aliphatic heterocycles. The average Bonchev–Trinajstić information content (AvgIpc) is 3.88. The van der Waals surface area contributed by atoms with Crippen molar-refractivity contribution in [1.29, 1.82) is 0 Å². The topological polar surface area (TPSA) is 196 Å². The number of ketones is 3. The molecule has 2 aromatic carbocycles. The summed E-state index contributed by atoms with van der Waals surface area (Å²) in [7, 11) is 6.15. The van der Waals surface area contributed by atoms with Crippen molar-refractivity contribution in [3.8, 4) is 11.5 Å². The highest BCUT2D eigenvalue weighted by atomic mass is 32.1. The number of nitrogens with zero attached hydrogens (tertiary/aromatic N) is 2. The average molecular weight is 830 g/mol. The van der Waals surface area contributed by atoms with Gasteiger partial charge >= 0.3 is 5.97 Å². The summed E-state index contributed by atoms with van der Waals surface area (Å²) < 4.78 is 31.7. The van der Waals surface area contributed by atoms with Gasteiger partial charge in [0.1, 0.15) is 24.7 Å². The van der Waals surface area contributed by atoms with Gasteiger partial charge in [0.2, 0.25) is 5.01 Å². The number of hydrogen-bond acceptors (Lipinski definition) is 15. The maximum Gasteiger partial charge on any atom is 0.365 e. The zero-order chi connectivity index (χ0) is 43.0. The van der Waals surface area contributed by atoms with Crippen LogP contribution in [0.1, 0.15) is 122 Å². The molecule has 0 bridgehead atoms. The van der Waals surface area contributed by atoms with Crippen molar-refractivity contribution >= 4 is 51.7 Å². The SMILES string of the molecule is CC(C)c1csc(C(=O)O)n1.COC(COc1ccc(C(C)=O)c(CC(=O)c2nc(C(C)C)cs2)c1C)OC.COC(COc1ccc(C(C)=O)c(N)c1C)OC. The molecule has 0 radical (unpaired) electrons. The zero-order valence-corrected chi connectivity index (χ0v) is 36.3. The van der Waals surface area contributed by atoms with Crippen LogP contribution < -0.4 is 15.2 Å². The van der Waals surface area contributed by atoms with Gasteiger partial charge in [0.25, 0.3) is 0 Å². The van der Waals surface area contributed by atoms with E-state index in [1.54, 1.807) is 29.6 Å². The Labute approximate surface area is 342 Å². The fraction of sp³-hybridized carbons (Fsp3) is 0.463. The maximum absolute atomic E-state index is 12.8. The number of carboxylic acids is 1. The van der Waals surface area contributed by atoms with E-state index in [1.165, 1.54) is 65.0 Å². The molecule has 312 valence electrons. The van der Waals surface area contributed by atoms with Crippen molar-refractivity contribution in [2.45, 2.75) is 86.2 Å². The second-order valence-electron chi connectivity index (χ2n) is 13.3. The smallest absolute Gasteiger partial charge is 0.365 e. The van der Waals surface area contributed by atoms with E-state index in [1.807, 2.05) is 46.9 Å². The van der Waals surface area contributed by atoms with E-state index < -0.39 is 18.5 Å². The van der Waals surface area contributed by atoms with Crippen LogP contribution in [0.2, 0.25) is 0 Å². The van der Waals surface area contributed by atoms with Crippen LogP contribution in [0.15, 0.2) is 35.0 Å². The molecule has 2 aromatic heterocycles. The molecule has 16 heteroatoms. The van der Waals surface area contributed by atoms with E-state index in [0.29, 0.717) is 44.8 Å². The Hall–Kier alpha value is -4.58. The molecule has 4 rings (SSSR count). The Morgan fingerprint density at radius 1 is 0.684 bits per heavy atom. The molecule has 57 heavy (non-hydrogen) atoms. The first-order valence-corrected chi connectivity index (χ1v) is 19.7. The Bertz CT molecular complexity index is 1950. The van der Waals surface area contributed by atoms with Crippen molar-refractivity contribution < 1.29 is 52.7 Å². The highest BCUT2D eigenvalue weighted by molar-refractivity contribution is 7.12. The van der Waals surface area contributed by atoms with Crippen molar-refractivity contribution in [1.82, 2.24) is 9.97 Å². The number of aromatic nitrogens is 2. The van der Waals surface area contributed by atoms with Crippen LogP contribution in [-0.4, -0.2) is 92.6 Å². The number of Topliss-reactive ketones (excluding diaryl/α,β-unsaturated/α-hetero) is 3. The van der Waals surface area contributed by atoms with E-state index in [2.05, 4.69) is 9.97 Å². The van der Waals surface area contributed by atoms with Gasteiger partial charge in [-0.1, -0.05) is 27.7 Å². The molecule has 4 aromatic rings. The zero-order valence-electron chi connectivity index (χ0n) is 34.7. The number of hydrogen-bond donors (Lipinski definition) is 2. The molecule has 0 aliphatic rings. The van der Waals surface area contributed by atoms with Crippen molar-refractivity contribution in [3.63, 3.8) is 0 Å². The number of carbonyl (C=O) groups is 4. The number of rotatable bonds is 18. The largest absolute Gasteiger partial charge is 0.488 e. The molecule has 0 spiro atoms. The van der Waals surface area contributed by atoms with Gasteiger partial charge in [-0.3, -0.25) is 14.4 Å². The molecule has 14 nitrogen and oxygen atoms in total. The first-order valence-electron chi connectivity index (χ1n) is 18.0. The maximum atomic E-state index is 12.8. The van der Waals surface area contributed by atoms with Crippen molar-refractivity contribution in [2.24, 2.45) is 0 Å². The number of carboxylic acid groups (broad SMARTS) is 1. The summed E-state index contributed by atoms with van der Waals surface area (Å²) in [6.45, 7) is 15.1. The third-order valence-electron chi connectivity index (χ3n) is 8.56. The van der Waals surface area contributed by atoms with Gasteiger partial charge in [0.05, 0.1) is 11.4 Å². The van der Waals surface area contributed by atoms with Crippen LogP contribution in [0.4, 0.5) is 5.69 Å². The molecule has 0 aliphatic carbocycles. The first-order chi connectivity index (χ1) is 26.9. The number of methoxy groups -OCH3 is 4. The van der Waals surface area contributed by atoms with E-state index in [4.69, 9.17) is 39.3 Å². The first kappa shape index (κ1) is 48.6. The number of carbonyl (C=O) groups excluding carboxylic acids is 3. The molecular weight excluding hydrogens is 775 g/mol. The summed E-state index contributed by atoms with van der Waals surface area (Å²) in [6, 6.07) is 6.82. The minimum Gasteiger partial charge on any atom is -0.488 e. The summed E-state index contributed by atoms with van der Waals surface area (Å²) in [6.07, 6.45) is -0.833. The number of aromatic carboxylic acids is 1. The molecule has 0 amide bonds.